The van der Waals surface area contributed by atoms with Gasteiger partial charge in [0, 0.05) is 11.6 Å². The molecule has 3 fully saturated rings. The van der Waals surface area contributed by atoms with Gasteiger partial charge in [-0.25, -0.2) is 9.97 Å². The molecule has 41 heavy (non-hydrogen) atoms. The van der Waals surface area contributed by atoms with Crippen LogP contribution in [0.15, 0.2) is 34.4 Å². The van der Waals surface area contributed by atoms with Gasteiger partial charge in [0.05, 0.1) is 29.3 Å². The number of hydrogen-bond donors (Lipinski definition) is 2. The van der Waals surface area contributed by atoms with Gasteiger partial charge in [-0.3, -0.25) is 9.48 Å². The van der Waals surface area contributed by atoms with Gasteiger partial charge in [0.1, 0.15) is 15.9 Å². The van der Waals surface area contributed by atoms with Crippen LogP contribution >= 0.6 is 23.1 Å². The lowest BCUT2D eigenvalue weighted by molar-refractivity contribution is -0.177. The number of nitrogens with zero attached hydrogens (tertiary/aromatic N) is 4. The number of carbonyl (C=O) groups is 1. The summed E-state index contributed by atoms with van der Waals surface area (Å²) in [5.74, 6) is 0.626. The number of aliphatic hydroxyl groups excluding tert-OH is 1. The zero-order valence-corrected chi connectivity index (χ0v) is 26.2. The van der Waals surface area contributed by atoms with Gasteiger partial charge in [-0.2, -0.15) is 5.10 Å². The molecule has 0 aromatic carbocycles. The van der Waals surface area contributed by atoms with Gasteiger partial charge in [0.25, 0.3) is 0 Å². The molecule has 0 radical (unpaired) electrons. The Bertz CT molecular complexity index is 1540. The summed E-state index contributed by atoms with van der Waals surface area (Å²) in [4.78, 5) is 23.6. The quantitative estimate of drug-likeness (QED) is 0.365. The molecule has 3 aromatic heterocycles. The van der Waals surface area contributed by atoms with E-state index in [4.69, 9.17) is 5.10 Å². The first-order valence-corrected chi connectivity index (χ1v) is 16.7. The van der Waals surface area contributed by atoms with Crippen molar-refractivity contribution in [2.45, 2.75) is 94.7 Å². The van der Waals surface area contributed by atoms with Crippen molar-refractivity contribution in [2.24, 2.45) is 28.6 Å². The Labute approximate surface area is 249 Å². The van der Waals surface area contributed by atoms with E-state index in [0.29, 0.717) is 12.8 Å². The van der Waals surface area contributed by atoms with Gasteiger partial charge < -0.3 is 10.2 Å². The fraction of sp³-hybridized carbons (Fsp3) is 0.625. The molecule has 2 N–H and O–H groups in total. The molecule has 3 saturated carbocycles. The second-order valence-electron chi connectivity index (χ2n) is 14.3. The molecule has 7 atom stereocenters. The summed E-state index contributed by atoms with van der Waals surface area (Å²) in [6.45, 7) is 11.0. The van der Waals surface area contributed by atoms with E-state index in [9.17, 15) is 15.0 Å². The molecule has 7 rings (SSSR count). The average Bonchev–Trinajstić information content (AvgIpc) is 3.59. The Hall–Kier alpha value is -2.07. The lowest BCUT2D eigenvalue weighted by Gasteiger charge is -2.60. The summed E-state index contributed by atoms with van der Waals surface area (Å²) in [7, 11) is 0. The van der Waals surface area contributed by atoms with Crippen molar-refractivity contribution in [1.82, 2.24) is 19.7 Å². The molecule has 0 bridgehead atoms. The van der Waals surface area contributed by atoms with Crippen molar-refractivity contribution < 1.29 is 15.0 Å². The molecule has 4 aliphatic rings. The molecule has 0 amide bonds. The highest BCUT2D eigenvalue weighted by Gasteiger charge is 2.68. The largest absolute Gasteiger partial charge is 0.393 e. The molecule has 7 unspecified atom stereocenters. The number of allylic oxidation sites excluding steroid dienone is 1. The average molecular weight is 593 g/mol. The fourth-order valence-corrected chi connectivity index (χ4v) is 11.2. The van der Waals surface area contributed by atoms with Crippen molar-refractivity contribution in [3.05, 3.63) is 41.4 Å². The van der Waals surface area contributed by atoms with Crippen LogP contribution in [0.2, 0.25) is 0 Å². The Balaban J connectivity index is 1.14. The molecule has 0 aliphatic heterocycles. The summed E-state index contributed by atoms with van der Waals surface area (Å²) < 4.78 is 2.94. The molecular weight excluding hydrogens is 553 g/mol. The van der Waals surface area contributed by atoms with E-state index in [2.05, 4.69) is 55.3 Å². The highest BCUT2D eigenvalue weighted by molar-refractivity contribution is 8.01. The van der Waals surface area contributed by atoms with Crippen LogP contribution in [0.5, 0.6) is 0 Å². The number of aromatic nitrogens is 4. The smallest absolute Gasteiger partial charge is 0.175 e. The second-order valence-corrected chi connectivity index (χ2v) is 16.5. The van der Waals surface area contributed by atoms with Gasteiger partial charge in [-0.05, 0) is 106 Å². The first-order chi connectivity index (χ1) is 19.3. The summed E-state index contributed by atoms with van der Waals surface area (Å²) in [6.07, 6.45) is 10.1. The summed E-state index contributed by atoms with van der Waals surface area (Å²) in [6, 6.07) is 3.79. The van der Waals surface area contributed by atoms with E-state index in [-0.39, 0.29) is 40.2 Å². The summed E-state index contributed by atoms with van der Waals surface area (Å²) in [5, 5.41) is 28.8. The Morgan fingerprint density at radius 2 is 2.07 bits per heavy atom. The van der Waals surface area contributed by atoms with Crippen LogP contribution in [-0.4, -0.2) is 53.2 Å². The van der Waals surface area contributed by atoms with Gasteiger partial charge >= 0.3 is 0 Å². The van der Waals surface area contributed by atoms with Crippen molar-refractivity contribution >= 4 is 45.3 Å². The van der Waals surface area contributed by atoms with Crippen LogP contribution < -0.4 is 0 Å². The van der Waals surface area contributed by atoms with Crippen LogP contribution in [0.1, 0.15) is 78.0 Å². The normalized spacial score (nSPS) is 36.3. The maximum Gasteiger partial charge on any atom is 0.175 e. The predicted molar refractivity (Wildman–Crippen MR) is 163 cm³/mol. The number of aliphatic hydroxyl groups is 2. The van der Waals surface area contributed by atoms with Crippen LogP contribution in [0.25, 0.3) is 16.4 Å². The van der Waals surface area contributed by atoms with E-state index >= 15 is 0 Å². The summed E-state index contributed by atoms with van der Waals surface area (Å²) >= 11 is 2.87. The second kappa shape index (κ2) is 9.21. The van der Waals surface area contributed by atoms with Crippen molar-refractivity contribution in [3.8, 4) is 0 Å². The lowest BCUT2D eigenvalue weighted by atomic mass is 9.45. The van der Waals surface area contributed by atoms with E-state index in [0.717, 1.165) is 40.4 Å². The first kappa shape index (κ1) is 27.7. The van der Waals surface area contributed by atoms with E-state index in [1.165, 1.54) is 39.9 Å². The fourth-order valence-electron chi connectivity index (χ4n) is 9.24. The van der Waals surface area contributed by atoms with Gasteiger partial charge in [0.15, 0.2) is 10.1 Å². The van der Waals surface area contributed by atoms with Crippen LogP contribution in [-0.2, 0) is 16.8 Å². The molecule has 0 saturated heterocycles. The molecule has 0 spiro atoms. The molecule has 7 nitrogen and oxygen atoms in total. The van der Waals surface area contributed by atoms with E-state index < -0.39 is 17.1 Å². The van der Waals surface area contributed by atoms with Crippen LogP contribution in [0, 0.1) is 28.6 Å². The number of carbonyl (C=O) groups excluding carboxylic acids is 1. The first-order valence-electron chi connectivity index (χ1n) is 14.9. The highest BCUT2D eigenvalue weighted by Crippen LogP contribution is 2.67. The van der Waals surface area contributed by atoms with Gasteiger partial charge in [-0.1, -0.05) is 42.5 Å². The summed E-state index contributed by atoms with van der Waals surface area (Å²) in [5.41, 5.74) is 2.40. The standard InChI is InChI=1S/C32H40N4O3S2/c1-29(2,3)36-23-13-19-8-9-20-21-10-11-32(39,25(38)17-40-28-35-22-7-6-12-33-27(22)41-28)31(21,5)15-24(37)26(20)30(19,4)14-18(23)16-34-36/h6-7,12-13,16,20-21,24,26,37,39H,8-11,14-15,17H2,1-5H3. The highest BCUT2D eigenvalue weighted by atomic mass is 32.2. The molecule has 4 aliphatic carbocycles. The van der Waals surface area contributed by atoms with Crippen LogP contribution in [0.4, 0.5) is 0 Å². The molecule has 3 aromatic rings. The lowest BCUT2D eigenvalue weighted by Crippen LogP contribution is -2.62. The van der Waals surface area contributed by atoms with Crippen molar-refractivity contribution in [3.63, 3.8) is 0 Å². The molecule has 3 heterocycles. The number of thioether (sulfide) groups is 1. The third-order valence-electron chi connectivity index (χ3n) is 11.1. The monoisotopic (exact) mass is 592 g/mol. The molecule has 218 valence electrons. The number of hydrogen-bond acceptors (Lipinski definition) is 8. The third-order valence-corrected chi connectivity index (χ3v) is 13.3. The minimum absolute atomic E-state index is 0.0925. The number of rotatable bonds is 4. The third kappa shape index (κ3) is 3.98. The van der Waals surface area contributed by atoms with Crippen molar-refractivity contribution in [1.29, 1.82) is 0 Å². The predicted octanol–water partition coefficient (Wildman–Crippen LogP) is 5.89. The maximum atomic E-state index is 13.8. The zero-order chi connectivity index (χ0) is 28.9. The Morgan fingerprint density at radius 1 is 1.27 bits per heavy atom. The number of pyridine rings is 1. The van der Waals surface area contributed by atoms with E-state index in [1.54, 1.807) is 6.20 Å². The Morgan fingerprint density at radius 3 is 2.83 bits per heavy atom. The number of ketones is 1. The topological polar surface area (TPSA) is 101 Å². The van der Waals surface area contributed by atoms with Gasteiger partial charge in [0.2, 0.25) is 0 Å². The Kier molecular flexibility index (Phi) is 6.23. The number of thiazole rings is 1. The zero-order valence-electron chi connectivity index (χ0n) is 24.6. The van der Waals surface area contributed by atoms with E-state index in [1.807, 2.05) is 18.3 Å². The number of fused-ring (bicyclic) bond motifs is 7. The molecule has 9 heteroatoms. The van der Waals surface area contributed by atoms with Crippen LogP contribution in [0.3, 0.4) is 0 Å². The number of Topliss-reactive ketones (excluding diaryl/α,β-unsaturated/α-hetero) is 1. The van der Waals surface area contributed by atoms with Gasteiger partial charge in [-0.15, -0.1) is 0 Å². The minimum atomic E-state index is -1.43. The van der Waals surface area contributed by atoms with Crippen molar-refractivity contribution in [2.75, 3.05) is 5.75 Å². The minimum Gasteiger partial charge on any atom is -0.393 e. The SMILES string of the molecule is CC12Cc3cnn(C(C)(C)C)c3C=C1CCC1C2C(O)CC2(C)C1CCC2(O)C(=O)CSc1nc2cccnc2s1. The maximum absolute atomic E-state index is 13.8. The molecular formula is C32H40N4O3S2.